The van der Waals surface area contributed by atoms with Crippen LogP contribution in [-0.4, -0.2) is 68.9 Å². The van der Waals surface area contributed by atoms with Crippen LogP contribution in [0.2, 0.25) is 0 Å². The molecule has 1 amide bonds. The minimum absolute atomic E-state index is 0.0567. The molecule has 1 saturated heterocycles. The number of rotatable bonds is 9. The first-order valence-corrected chi connectivity index (χ1v) is 12.7. The van der Waals surface area contributed by atoms with Crippen molar-refractivity contribution in [3.8, 4) is 11.3 Å². The predicted molar refractivity (Wildman–Crippen MR) is 139 cm³/mol. The van der Waals surface area contributed by atoms with Gasteiger partial charge in [0.15, 0.2) is 4.80 Å². The Morgan fingerprint density at radius 1 is 1.11 bits per heavy atom. The van der Waals surface area contributed by atoms with E-state index in [9.17, 15) is 9.18 Å². The molecule has 1 fully saturated rings. The molecule has 0 bridgehead atoms. The average Bonchev–Trinajstić information content (AvgIpc) is 3.27. The van der Waals surface area contributed by atoms with E-state index in [-0.39, 0.29) is 11.7 Å². The highest BCUT2D eigenvalue weighted by molar-refractivity contribution is 7.07. The van der Waals surface area contributed by atoms with Gasteiger partial charge in [-0.1, -0.05) is 12.1 Å². The summed E-state index contributed by atoms with van der Waals surface area (Å²) in [5.41, 5.74) is 4.12. The van der Waals surface area contributed by atoms with Crippen LogP contribution in [0.1, 0.15) is 6.42 Å². The van der Waals surface area contributed by atoms with Crippen LogP contribution >= 0.6 is 11.3 Å². The Balaban J connectivity index is 1.54. The van der Waals surface area contributed by atoms with Crippen LogP contribution < -0.4 is 15.0 Å². The van der Waals surface area contributed by atoms with E-state index in [2.05, 4.69) is 44.4 Å². The second kappa shape index (κ2) is 12.1. The van der Waals surface area contributed by atoms with Crippen molar-refractivity contribution in [1.82, 2.24) is 14.8 Å². The zero-order valence-corrected chi connectivity index (χ0v) is 21.1. The van der Waals surface area contributed by atoms with Gasteiger partial charge >= 0.3 is 0 Å². The molecule has 35 heavy (non-hydrogen) atoms. The summed E-state index contributed by atoms with van der Waals surface area (Å²) in [6.45, 7) is 5.11. The number of hydrogen-bond donors (Lipinski definition) is 1. The summed E-state index contributed by atoms with van der Waals surface area (Å²) in [6, 6.07) is 14.8. The zero-order chi connectivity index (χ0) is 24.6. The molecule has 1 aliphatic rings. The maximum absolute atomic E-state index is 13.4. The molecular formula is C26H32FN5O2S. The third-order valence-corrected chi connectivity index (χ3v) is 6.76. The smallest absolute Gasteiger partial charge is 0.236 e. The normalized spacial score (nSPS) is 14.4. The summed E-state index contributed by atoms with van der Waals surface area (Å²) < 4.78 is 21.0. The zero-order valence-electron chi connectivity index (χ0n) is 20.2. The number of likely N-dealkylation sites (N-methyl/N-ethyl adjacent to an activating group) is 1. The Morgan fingerprint density at radius 3 is 2.51 bits per heavy atom. The quantitative estimate of drug-likeness (QED) is 0.460. The van der Waals surface area contributed by atoms with E-state index in [1.165, 1.54) is 17.8 Å². The van der Waals surface area contributed by atoms with Crippen LogP contribution in [0.4, 0.5) is 15.8 Å². The number of morpholine rings is 1. The van der Waals surface area contributed by atoms with E-state index in [4.69, 9.17) is 9.73 Å². The number of thiazole rings is 1. The number of carbonyl (C=O) groups is 1. The lowest BCUT2D eigenvalue weighted by molar-refractivity contribution is -0.127. The number of benzene rings is 2. The predicted octanol–water partition coefficient (Wildman–Crippen LogP) is 3.49. The van der Waals surface area contributed by atoms with Gasteiger partial charge in [-0.2, -0.15) is 0 Å². The van der Waals surface area contributed by atoms with Crippen molar-refractivity contribution in [2.75, 3.05) is 58.4 Å². The van der Waals surface area contributed by atoms with Crippen LogP contribution in [0.3, 0.4) is 0 Å². The van der Waals surface area contributed by atoms with Gasteiger partial charge in [0.05, 0.1) is 31.1 Å². The van der Waals surface area contributed by atoms with Crippen molar-refractivity contribution in [3.63, 3.8) is 0 Å². The van der Waals surface area contributed by atoms with Crippen LogP contribution in [0.5, 0.6) is 0 Å². The molecule has 2 heterocycles. The van der Waals surface area contributed by atoms with E-state index in [0.29, 0.717) is 18.8 Å². The molecule has 0 radical (unpaired) electrons. The van der Waals surface area contributed by atoms with Gasteiger partial charge in [0.25, 0.3) is 0 Å². The maximum Gasteiger partial charge on any atom is 0.236 e. The van der Waals surface area contributed by atoms with Crippen molar-refractivity contribution < 1.29 is 13.9 Å². The first-order valence-electron chi connectivity index (χ1n) is 11.8. The molecule has 2 aromatic carbocycles. The van der Waals surface area contributed by atoms with Gasteiger partial charge in [-0.15, -0.1) is 11.3 Å². The van der Waals surface area contributed by atoms with Gasteiger partial charge in [0.1, 0.15) is 5.82 Å². The van der Waals surface area contributed by atoms with E-state index in [0.717, 1.165) is 55.3 Å². The standard InChI is InChI=1S/C26H32FN5O2S/c1-30(2)25(33)18-28-12-3-13-32-24(19-35-26(32)29-22-8-6-21(27)7-9-22)20-4-10-23(11-5-20)31-14-16-34-17-15-31/h4-11,19,28H,3,12-18H2,1-2H3. The second-order valence-electron chi connectivity index (χ2n) is 8.61. The molecule has 7 nitrogen and oxygen atoms in total. The summed E-state index contributed by atoms with van der Waals surface area (Å²) in [5.74, 6) is -0.219. The summed E-state index contributed by atoms with van der Waals surface area (Å²) in [5, 5.41) is 5.34. The fourth-order valence-corrected chi connectivity index (χ4v) is 4.83. The van der Waals surface area contributed by atoms with Crippen LogP contribution in [0, 0.1) is 5.82 Å². The third kappa shape index (κ3) is 6.78. The Labute approximate surface area is 209 Å². The summed E-state index contributed by atoms with van der Waals surface area (Å²) in [7, 11) is 3.51. The largest absolute Gasteiger partial charge is 0.378 e. The molecule has 9 heteroatoms. The maximum atomic E-state index is 13.4. The van der Waals surface area contributed by atoms with E-state index in [1.54, 1.807) is 42.5 Å². The van der Waals surface area contributed by atoms with Crippen molar-refractivity contribution >= 4 is 28.6 Å². The molecule has 0 spiro atoms. The SMILES string of the molecule is CN(C)C(=O)CNCCCn1c(-c2ccc(N3CCOCC3)cc2)csc1=Nc1ccc(F)cc1. The van der Waals surface area contributed by atoms with Gasteiger partial charge in [0.2, 0.25) is 5.91 Å². The molecule has 1 N–H and O–H groups in total. The van der Waals surface area contributed by atoms with Crippen molar-refractivity contribution in [2.24, 2.45) is 4.99 Å². The van der Waals surface area contributed by atoms with Crippen molar-refractivity contribution in [1.29, 1.82) is 0 Å². The number of anilines is 1. The summed E-state index contributed by atoms with van der Waals surface area (Å²) in [6.07, 6.45) is 0.840. The van der Waals surface area contributed by atoms with Gasteiger partial charge in [-0.25, -0.2) is 9.38 Å². The second-order valence-corrected chi connectivity index (χ2v) is 9.44. The number of amides is 1. The Morgan fingerprint density at radius 2 is 1.83 bits per heavy atom. The highest BCUT2D eigenvalue weighted by Crippen LogP contribution is 2.25. The number of halogens is 1. The minimum atomic E-state index is -0.276. The highest BCUT2D eigenvalue weighted by Gasteiger charge is 2.13. The fourth-order valence-electron chi connectivity index (χ4n) is 3.87. The number of hydrogen-bond acceptors (Lipinski definition) is 6. The third-order valence-electron chi connectivity index (χ3n) is 5.90. The molecule has 1 aromatic heterocycles. The number of nitrogens with one attached hydrogen (secondary N) is 1. The summed E-state index contributed by atoms with van der Waals surface area (Å²) in [4.78, 5) is 21.4. The first-order chi connectivity index (χ1) is 17.0. The fraction of sp³-hybridized carbons (Fsp3) is 0.385. The van der Waals surface area contributed by atoms with Crippen molar-refractivity contribution in [3.05, 3.63) is 64.5 Å². The average molecular weight is 498 g/mol. The van der Waals surface area contributed by atoms with Crippen LogP contribution in [-0.2, 0) is 16.1 Å². The topological polar surface area (TPSA) is 62.1 Å². The van der Waals surface area contributed by atoms with E-state index < -0.39 is 0 Å². The Bertz CT molecular complexity index is 1170. The molecule has 186 valence electrons. The van der Waals surface area contributed by atoms with Crippen molar-refractivity contribution in [2.45, 2.75) is 13.0 Å². The molecule has 4 rings (SSSR count). The molecule has 1 aliphatic heterocycles. The molecular weight excluding hydrogens is 465 g/mol. The molecule has 3 aromatic rings. The molecule has 0 saturated carbocycles. The van der Waals surface area contributed by atoms with Gasteiger partial charge in [-0.05, 0) is 54.9 Å². The Hall–Kier alpha value is -3.01. The first kappa shape index (κ1) is 25.1. The summed E-state index contributed by atoms with van der Waals surface area (Å²) >= 11 is 1.57. The highest BCUT2D eigenvalue weighted by atomic mass is 32.1. The van der Waals surface area contributed by atoms with Crippen LogP contribution in [0.25, 0.3) is 11.3 Å². The molecule has 0 atom stereocenters. The lowest BCUT2D eigenvalue weighted by Gasteiger charge is -2.28. The van der Waals surface area contributed by atoms with E-state index in [1.807, 2.05) is 0 Å². The lowest BCUT2D eigenvalue weighted by atomic mass is 10.1. The van der Waals surface area contributed by atoms with E-state index >= 15 is 0 Å². The van der Waals surface area contributed by atoms with Gasteiger partial charge in [0, 0.05) is 44.8 Å². The number of ether oxygens (including phenoxy) is 1. The van der Waals surface area contributed by atoms with Crippen LogP contribution in [0.15, 0.2) is 58.9 Å². The monoisotopic (exact) mass is 497 g/mol. The number of carbonyl (C=O) groups excluding carboxylic acids is 1. The molecule has 0 aliphatic carbocycles. The number of nitrogens with zero attached hydrogens (tertiary/aromatic N) is 4. The van der Waals surface area contributed by atoms with Gasteiger partial charge < -0.3 is 24.4 Å². The van der Waals surface area contributed by atoms with Gasteiger partial charge in [-0.3, -0.25) is 4.79 Å². The minimum Gasteiger partial charge on any atom is -0.378 e. The number of aromatic nitrogens is 1. The Kier molecular flexibility index (Phi) is 8.68. The molecule has 0 unspecified atom stereocenters. The lowest BCUT2D eigenvalue weighted by Crippen LogP contribution is -2.36.